The van der Waals surface area contributed by atoms with Crippen LogP contribution in [0.2, 0.25) is 0 Å². The largest absolute Gasteiger partial charge is 0.346 e. The summed E-state index contributed by atoms with van der Waals surface area (Å²) < 4.78 is 3.87. The van der Waals surface area contributed by atoms with E-state index in [0.29, 0.717) is 6.42 Å². The smallest absolute Gasteiger partial charge is 0.227 e. The maximum Gasteiger partial charge on any atom is 0.227 e. The summed E-state index contributed by atoms with van der Waals surface area (Å²) in [5.74, 6) is 2.68. The van der Waals surface area contributed by atoms with Gasteiger partial charge in [0.25, 0.3) is 0 Å². The predicted octanol–water partition coefficient (Wildman–Crippen LogP) is 3.59. The molecular weight excluding hydrogens is 332 g/mol. The second kappa shape index (κ2) is 6.80. The number of fused-ring (bicyclic) bond motifs is 1. The number of hydrogen-bond acceptors (Lipinski definition) is 3. The predicted molar refractivity (Wildman–Crippen MR) is 100 cm³/mol. The van der Waals surface area contributed by atoms with Crippen LogP contribution in [0.4, 0.5) is 5.82 Å². The van der Waals surface area contributed by atoms with E-state index in [4.69, 9.17) is 0 Å². The van der Waals surface area contributed by atoms with E-state index in [-0.39, 0.29) is 11.9 Å². The minimum absolute atomic E-state index is 0.00486. The van der Waals surface area contributed by atoms with Crippen LogP contribution in [-0.4, -0.2) is 20.3 Å². The molecule has 2 aromatic heterocycles. The Labute approximate surface area is 151 Å². The molecule has 1 aliphatic heterocycles. The fourth-order valence-corrected chi connectivity index (χ4v) is 4.32. The highest BCUT2D eigenvalue weighted by molar-refractivity contribution is 7.98. The first-order chi connectivity index (χ1) is 12.2. The van der Waals surface area contributed by atoms with Crippen molar-refractivity contribution in [2.24, 2.45) is 7.05 Å². The number of aryl methyl sites for hydroxylation is 1. The third-order valence-electron chi connectivity index (χ3n) is 4.52. The molecule has 1 N–H and O–H groups in total. The van der Waals surface area contributed by atoms with Crippen LogP contribution in [0.1, 0.15) is 29.3 Å². The lowest BCUT2D eigenvalue weighted by Gasteiger charge is -2.19. The Bertz CT molecular complexity index is 870. The second-order valence-electron chi connectivity index (χ2n) is 6.20. The first-order valence-electron chi connectivity index (χ1n) is 8.32. The first kappa shape index (κ1) is 16.0. The van der Waals surface area contributed by atoms with Crippen molar-refractivity contribution in [2.75, 3.05) is 5.32 Å². The summed E-state index contributed by atoms with van der Waals surface area (Å²) >= 11 is 1.84. The molecule has 128 valence electrons. The van der Waals surface area contributed by atoms with E-state index < -0.39 is 0 Å². The lowest BCUT2D eigenvalue weighted by molar-refractivity contribution is -0.116. The topological polar surface area (TPSA) is 51.9 Å². The van der Waals surface area contributed by atoms with Gasteiger partial charge in [0.1, 0.15) is 5.82 Å². The van der Waals surface area contributed by atoms with Crippen molar-refractivity contribution < 1.29 is 4.79 Å². The van der Waals surface area contributed by atoms with Gasteiger partial charge in [0, 0.05) is 36.5 Å². The van der Waals surface area contributed by atoms with Crippen LogP contribution in [0.5, 0.6) is 0 Å². The quantitative estimate of drug-likeness (QED) is 0.763. The van der Waals surface area contributed by atoms with Gasteiger partial charge in [0.2, 0.25) is 5.91 Å². The van der Waals surface area contributed by atoms with Crippen molar-refractivity contribution >= 4 is 23.5 Å². The third kappa shape index (κ3) is 3.22. The molecule has 0 spiro atoms. The van der Waals surface area contributed by atoms with E-state index in [9.17, 15) is 4.79 Å². The molecule has 0 bridgehead atoms. The average Bonchev–Trinajstić information content (AvgIpc) is 3.34. The van der Waals surface area contributed by atoms with Gasteiger partial charge in [-0.2, -0.15) is 16.9 Å². The molecule has 0 saturated carbocycles. The van der Waals surface area contributed by atoms with Gasteiger partial charge in [-0.05, 0) is 17.7 Å². The van der Waals surface area contributed by atoms with E-state index >= 15 is 0 Å². The van der Waals surface area contributed by atoms with E-state index in [0.717, 1.165) is 34.1 Å². The van der Waals surface area contributed by atoms with E-state index in [1.807, 2.05) is 61.5 Å². The number of aromatic nitrogens is 3. The van der Waals surface area contributed by atoms with Crippen molar-refractivity contribution in [1.29, 1.82) is 0 Å². The van der Waals surface area contributed by atoms with Gasteiger partial charge >= 0.3 is 0 Å². The summed E-state index contributed by atoms with van der Waals surface area (Å²) in [7, 11) is 1.89. The third-order valence-corrected chi connectivity index (χ3v) is 5.49. The number of carbonyl (C=O) groups is 1. The summed E-state index contributed by atoms with van der Waals surface area (Å²) in [5, 5.41) is 7.59. The van der Waals surface area contributed by atoms with Crippen molar-refractivity contribution in [1.82, 2.24) is 14.3 Å². The lowest BCUT2D eigenvalue weighted by Crippen LogP contribution is -2.21. The molecule has 0 saturated heterocycles. The number of thioether (sulfide) groups is 1. The molecule has 3 heterocycles. The van der Waals surface area contributed by atoms with Crippen LogP contribution in [0.25, 0.3) is 0 Å². The molecule has 3 aromatic rings. The normalized spacial score (nSPS) is 14.3. The molecule has 25 heavy (non-hydrogen) atoms. The molecule has 1 aromatic carbocycles. The Balaban J connectivity index is 1.56. The minimum atomic E-state index is -0.0214. The summed E-state index contributed by atoms with van der Waals surface area (Å²) in [6.07, 6.45) is 4.39. The van der Waals surface area contributed by atoms with Gasteiger partial charge in [-0.3, -0.25) is 9.48 Å². The minimum Gasteiger partial charge on any atom is -0.346 e. The number of carbonyl (C=O) groups excluding carboxylic acids is 1. The molecule has 6 heteroatoms. The summed E-state index contributed by atoms with van der Waals surface area (Å²) in [4.78, 5) is 12.8. The highest BCUT2D eigenvalue weighted by atomic mass is 32.2. The number of rotatable bonds is 5. The number of nitrogens with one attached hydrogen (secondary N) is 1. The lowest BCUT2D eigenvalue weighted by atomic mass is 10.0. The zero-order valence-corrected chi connectivity index (χ0v) is 14.9. The van der Waals surface area contributed by atoms with Gasteiger partial charge < -0.3 is 9.88 Å². The van der Waals surface area contributed by atoms with Crippen LogP contribution >= 0.6 is 11.8 Å². The molecule has 0 radical (unpaired) electrons. The van der Waals surface area contributed by atoms with Crippen molar-refractivity contribution in [3.63, 3.8) is 0 Å². The first-order valence-corrected chi connectivity index (χ1v) is 9.47. The van der Waals surface area contributed by atoms with Gasteiger partial charge in [0.05, 0.1) is 18.2 Å². The number of hydrogen-bond donors (Lipinski definition) is 1. The van der Waals surface area contributed by atoms with E-state index in [1.165, 1.54) is 0 Å². The monoisotopic (exact) mass is 352 g/mol. The van der Waals surface area contributed by atoms with Gasteiger partial charge in [-0.1, -0.05) is 30.3 Å². The SMILES string of the molecule is Cn1nc2c(c1NC(=O)C[C@H](c1ccccc1)n1cccc1)CSC2. The van der Waals surface area contributed by atoms with Crippen LogP contribution < -0.4 is 5.32 Å². The highest BCUT2D eigenvalue weighted by Gasteiger charge is 2.24. The maximum absolute atomic E-state index is 12.8. The van der Waals surface area contributed by atoms with Gasteiger partial charge in [0.15, 0.2) is 0 Å². The Morgan fingerprint density at radius 2 is 1.96 bits per heavy atom. The van der Waals surface area contributed by atoms with Crippen LogP contribution in [0.15, 0.2) is 54.9 Å². The molecule has 5 nitrogen and oxygen atoms in total. The fourth-order valence-electron chi connectivity index (χ4n) is 3.28. The molecule has 1 aliphatic rings. The number of amides is 1. The average molecular weight is 352 g/mol. The van der Waals surface area contributed by atoms with Crippen LogP contribution in [0.3, 0.4) is 0 Å². The van der Waals surface area contributed by atoms with Crippen LogP contribution in [-0.2, 0) is 23.3 Å². The van der Waals surface area contributed by atoms with Gasteiger partial charge in [-0.25, -0.2) is 0 Å². The molecule has 1 atom stereocenters. The Hall–Kier alpha value is -2.47. The van der Waals surface area contributed by atoms with E-state index in [2.05, 4.69) is 27.1 Å². The van der Waals surface area contributed by atoms with Crippen molar-refractivity contribution in [3.05, 3.63) is 71.7 Å². The van der Waals surface area contributed by atoms with Crippen molar-refractivity contribution in [3.8, 4) is 0 Å². The van der Waals surface area contributed by atoms with Crippen LogP contribution in [0, 0.1) is 0 Å². The number of anilines is 1. The molecular formula is C19H20N4OS. The molecule has 0 aliphatic carbocycles. The van der Waals surface area contributed by atoms with Gasteiger partial charge in [-0.15, -0.1) is 0 Å². The summed E-state index contributed by atoms with van der Waals surface area (Å²) in [6, 6.07) is 14.1. The number of nitrogens with zero attached hydrogens (tertiary/aromatic N) is 3. The van der Waals surface area contributed by atoms with E-state index in [1.54, 1.807) is 4.68 Å². The highest BCUT2D eigenvalue weighted by Crippen LogP contribution is 2.34. The Morgan fingerprint density at radius 3 is 2.72 bits per heavy atom. The summed E-state index contributed by atoms with van der Waals surface area (Å²) in [6.45, 7) is 0. The second-order valence-corrected chi connectivity index (χ2v) is 7.18. The summed E-state index contributed by atoms with van der Waals surface area (Å²) in [5.41, 5.74) is 3.38. The Morgan fingerprint density at radius 1 is 1.20 bits per heavy atom. The molecule has 4 rings (SSSR count). The zero-order valence-electron chi connectivity index (χ0n) is 14.1. The molecule has 1 amide bonds. The van der Waals surface area contributed by atoms with Crippen molar-refractivity contribution in [2.45, 2.75) is 24.0 Å². The fraction of sp³-hybridized carbons (Fsp3) is 0.263. The molecule has 0 unspecified atom stereocenters. The number of benzene rings is 1. The standard InChI is InChI=1S/C19H20N4OS/c1-22-19(15-12-25-13-16(15)21-22)20-18(24)11-17(23-9-5-6-10-23)14-7-3-2-4-8-14/h2-10,17H,11-13H2,1H3,(H,20,24)/t17-/m1/s1. The Kier molecular flexibility index (Phi) is 4.36. The maximum atomic E-state index is 12.8. The zero-order chi connectivity index (χ0) is 17.2. The molecule has 0 fully saturated rings.